The molecule has 0 aromatic rings. The van der Waals surface area contributed by atoms with E-state index in [9.17, 15) is 9.59 Å². The lowest BCUT2D eigenvalue weighted by atomic mass is 9.98. The van der Waals surface area contributed by atoms with Crippen LogP contribution in [0.15, 0.2) is 0 Å². The van der Waals surface area contributed by atoms with E-state index in [0.29, 0.717) is 5.92 Å². The maximum atomic E-state index is 12.1. The van der Waals surface area contributed by atoms with Gasteiger partial charge in [-0.15, -0.1) is 0 Å². The molecule has 0 aromatic heterocycles. The van der Waals surface area contributed by atoms with Gasteiger partial charge in [-0.2, -0.15) is 0 Å². The lowest BCUT2D eigenvalue weighted by Crippen LogP contribution is -2.48. The molecule has 1 aliphatic rings. The molecule has 1 heterocycles. The Kier molecular flexibility index (Phi) is 5.91. The maximum absolute atomic E-state index is 12.1. The summed E-state index contributed by atoms with van der Waals surface area (Å²) in [5.74, 6) is -0.373. The molecule has 104 valence electrons. The Morgan fingerprint density at radius 3 is 2.83 bits per heavy atom. The highest BCUT2D eigenvalue weighted by Gasteiger charge is 2.25. The Morgan fingerprint density at radius 2 is 2.22 bits per heavy atom. The fourth-order valence-corrected chi connectivity index (χ4v) is 2.29. The van der Waals surface area contributed by atoms with E-state index < -0.39 is 5.97 Å². The van der Waals surface area contributed by atoms with Crippen LogP contribution in [0.3, 0.4) is 0 Å². The minimum Gasteiger partial charge on any atom is -0.481 e. The third-order valence-corrected chi connectivity index (χ3v) is 3.27. The van der Waals surface area contributed by atoms with Crippen molar-refractivity contribution >= 4 is 12.0 Å². The van der Waals surface area contributed by atoms with E-state index in [1.54, 1.807) is 7.05 Å². The SMILES string of the molecule is CNCC1CCCN(C(=O)N(C)CCC(=O)O)C1. The first-order valence-corrected chi connectivity index (χ1v) is 6.41. The number of piperidine rings is 1. The molecule has 1 atom stereocenters. The highest BCUT2D eigenvalue weighted by Crippen LogP contribution is 2.16. The number of hydrogen-bond acceptors (Lipinski definition) is 3. The van der Waals surface area contributed by atoms with Crippen molar-refractivity contribution in [2.75, 3.05) is 40.3 Å². The van der Waals surface area contributed by atoms with Crippen molar-refractivity contribution in [3.63, 3.8) is 0 Å². The molecule has 1 rings (SSSR count). The number of nitrogens with one attached hydrogen (secondary N) is 1. The lowest BCUT2D eigenvalue weighted by molar-refractivity contribution is -0.137. The lowest BCUT2D eigenvalue weighted by Gasteiger charge is -2.35. The number of likely N-dealkylation sites (tertiary alicyclic amines) is 1. The predicted molar refractivity (Wildman–Crippen MR) is 68.5 cm³/mol. The second-order valence-corrected chi connectivity index (χ2v) is 4.86. The van der Waals surface area contributed by atoms with E-state index in [2.05, 4.69) is 5.32 Å². The molecule has 0 bridgehead atoms. The zero-order valence-electron chi connectivity index (χ0n) is 11.2. The number of hydrogen-bond donors (Lipinski definition) is 2. The van der Waals surface area contributed by atoms with Crippen molar-refractivity contribution in [3.05, 3.63) is 0 Å². The fraction of sp³-hybridized carbons (Fsp3) is 0.833. The quantitative estimate of drug-likeness (QED) is 0.750. The van der Waals surface area contributed by atoms with Crippen LogP contribution < -0.4 is 5.32 Å². The smallest absolute Gasteiger partial charge is 0.319 e. The van der Waals surface area contributed by atoms with E-state index in [4.69, 9.17) is 5.11 Å². The summed E-state index contributed by atoms with van der Waals surface area (Å²) < 4.78 is 0. The number of urea groups is 1. The molecule has 0 spiro atoms. The molecule has 2 amide bonds. The third kappa shape index (κ3) is 4.52. The van der Waals surface area contributed by atoms with Crippen molar-refractivity contribution in [1.29, 1.82) is 0 Å². The van der Waals surface area contributed by atoms with Gasteiger partial charge in [0, 0.05) is 26.7 Å². The summed E-state index contributed by atoms with van der Waals surface area (Å²) >= 11 is 0. The van der Waals surface area contributed by atoms with Gasteiger partial charge in [0.2, 0.25) is 0 Å². The Labute approximate surface area is 108 Å². The van der Waals surface area contributed by atoms with Gasteiger partial charge < -0.3 is 20.2 Å². The Bertz CT molecular complexity index is 294. The highest BCUT2D eigenvalue weighted by molar-refractivity contribution is 5.75. The standard InChI is InChI=1S/C12H23N3O3/c1-13-8-10-4-3-6-15(9-10)12(18)14(2)7-5-11(16)17/h10,13H,3-9H2,1-2H3,(H,16,17). The third-order valence-electron chi connectivity index (χ3n) is 3.27. The molecule has 1 unspecified atom stereocenters. The first-order chi connectivity index (χ1) is 8.54. The molecular weight excluding hydrogens is 234 g/mol. The first kappa shape index (κ1) is 14.8. The van der Waals surface area contributed by atoms with Crippen molar-refractivity contribution in [2.24, 2.45) is 5.92 Å². The summed E-state index contributed by atoms with van der Waals surface area (Å²) in [5.41, 5.74) is 0. The Morgan fingerprint density at radius 1 is 1.50 bits per heavy atom. The molecule has 0 saturated carbocycles. The number of carbonyl (C=O) groups is 2. The molecule has 1 aliphatic heterocycles. The van der Waals surface area contributed by atoms with Gasteiger partial charge in [0.05, 0.1) is 6.42 Å². The molecule has 1 fully saturated rings. The molecule has 0 aliphatic carbocycles. The van der Waals surface area contributed by atoms with E-state index in [0.717, 1.165) is 32.5 Å². The number of carboxylic acid groups (broad SMARTS) is 1. The molecule has 6 nitrogen and oxygen atoms in total. The molecule has 18 heavy (non-hydrogen) atoms. The summed E-state index contributed by atoms with van der Waals surface area (Å²) in [4.78, 5) is 25.9. The second-order valence-electron chi connectivity index (χ2n) is 4.86. The van der Waals surface area contributed by atoms with Crippen LogP contribution in [-0.4, -0.2) is 67.2 Å². The van der Waals surface area contributed by atoms with Crippen LogP contribution in [0.5, 0.6) is 0 Å². The van der Waals surface area contributed by atoms with Crippen LogP contribution in [0.1, 0.15) is 19.3 Å². The van der Waals surface area contributed by atoms with Crippen molar-refractivity contribution in [1.82, 2.24) is 15.1 Å². The summed E-state index contributed by atoms with van der Waals surface area (Å²) in [7, 11) is 3.58. The highest BCUT2D eigenvalue weighted by atomic mass is 16.4. The molecular formula is C12H23N3O3. The zero-order valence-corrected chi connectivity index (χ0v) is 11.2. The minimum atomic E-state index is -0.874. The van der Waals surface area contributed by atoms with Crippen LogP contribution in [-0.2, 0) is 4.79 Å². The Balaban J connectivity index is 2.42. The van der Waals surface area contributed by atoms with Crippen molar-refractivity contribution in [3.8, 4) is 0 Å². The number of carboxylic acids is 1. The molecule has 2 N–H and O–H groups in total. The topological polar surface area (TPSA) is 72.9 Å². The van der Waals surface area contributed by atoms with Crippen LogP contribution in [0.25, 0.3) is 0 Å². The van der Waals surface area contributed by atoms with Crippen LogP contribution in [0, 0.1) is 5.92 Å². The summed E-state index contributed by atoms with van der Waals surface area (Å²) in [6.07, 6.45) is 2.16. The fourth-order valence-electron chi connectivity index (χ4n) is 2.29. The van der Waals surface area contributed by atoms with Gasteiger partial charge in [-0.3, -0.25) is 4.79 Å². The first-order valence-electron chi connectivity index (χ1n) is 6.41. The van der Waals surface area contributed by atoms with E-state index in [-0.39, 0.29) is 19.0 Å². The molecule has 1 saturated heterocycles. The van der Waals surface area contributed by atoms with E-state index in [1.807, 2.05) is 11.9 Å². The van der Waals surface area contributed by atoms with Gasteiger partial charge in [0.25, 0.3) is 0 Å². The van der Waals surface area contributed by atoms with Crippen LogP contribution in [0.4, 0.5) is 4.79 Å². The number of amides is 2. The number of nitrogens with zero attached hydrogens (tertiary/aromatic N) is 2. The average Bonchev–Trinajstić information content (AvgIpc) is 2.35. The maximum Gasteiger partial charge on any atom is 0.319 e. The van der Waals surface area contributed by atoms with Crippen LogP contribution >= 0.6 is 0 Å². The van der Waals surface area contributed by atoms with Gasteiger partial charge in [-0.1, -0.05) is 0 Å². The van der Waals surface area contributed by atoms with Crippen molar-refractivity contribution < 1.29 is 14.7 Å². The van der Waals surface area contributed by atoms with Gasteiger partial charge in [0.15, 0.2) is 0 Å². The Hall–Kier alpha value is -1.30. The second kappa shape index (κ2) is 7.20. The van der Waals surface area contributed by atoms with E-state index >= 15 is 0 Å². The number of rotatable bonds is 5. The summed E-state index contributed by atoms with van der Waals surface area (Å²) in [6, 6.07) is -0.0583. The average molecular weight is 257 g/mol. The minimum absolute atomic E-state index is 0.00394. The van der Waals surface area contributed by atoms with Gasteiger partial charge in [-0.25, -0.2) is 4.79 Å². The van der Waals surface area contributed by atoms with Crippen molar-refractivity contribution in [2.45, 2.75) is 19.3 Å². The monoisotopic (exact) mass is 257 g/mol. The molecule has 6 heteroatoms. The summed E-state index contributed by atoms with van der Waals surface area (Å²) in [5, 5.41) is 11.7. The largest absolute Gasteiger partial charge is 0.481 e. The summed E-state index contributed by atoms with van der Waals surface area (Å²) in [6.45, 7) is 2.72. The number of carbonyl (C=O) groups excluding carboxylic acids is 1. The zero-order chi connectivity index (χ0) is 13.5. The van der Waals surface area contributed by atoms with Gasteiger partial charge >= 0.3 is 12.0 Å². The van der Waals surface area contributed by atoms with Crippen LogP contribution in [0.2, 0.25) is 0 Å². The molecule has 0 radical (unpaired) electrons. The number of aliphatic carboxylic acids is 1. The van der Waals surface area contributed by atoms with Gasteiger partial charge in [0.1, 0.15) is 0 Å². The normalized spacial score (nSPS) is 19.7. The van der Waals surface area contributed by atoms with Gasteiger partial charge in [-0.05, 0) is 32.4 Å². The predicted octanol–water partition coefficient (Wildman–Crippen LogP) is 0.444. The molecule has 0 aromatic carbocycles. The van der Waals surface area contributed by atoms with E-state index in [1.165, 1.54) is 4.90 Å².